The number of nitrogens with zero attached hydrogens (tertiary/aromatic N) is 2. The van der Waals surface area contributed by atoms with Crippen molar-refractivity contribution in [2.24, 2.45) is 0 Å². The molecule has 1 aromatic heterocycles. The molecule has 1 fully saturated rings. The Morgan fingerprint density at radius 3 is 2.92 bits per heavy atom. The summed E-state index contributed by atoms with van der Waals surface area (Å²) in [6.07, 6.45) is 5.49. The van der Waals surface area contributed by atoms with Gasteiger partial charge in [-0.25, -0.2) is 4.79 Å². The zero-order valence-corrected chi connectivity index (χ0v) is 14.4. The van der Waals surface area contributed by atoms with E-state index in [2.05, 4.69) is 21.7 Å². The molecule has 1 aromatic carbocycles. The summed E-state index contributed by atoms with van der Waals surface area (Å²) in [7, 11) is 1.63. The number of methoxy groups -OCH3 is 1. The molecule has 0 radical (unpaired) electrons. The number of ether oxygens (including phenoxy) is 1. The third-order valence-electron chi connectivity index (χ3n) is 4.44. The molecule has 1 atom stereocenters. The zero-order valence-electron chi connectivity index (χ0n) is 14.4. The van der Waals surface area contributed by atoms with E-state index in [0.29, 0.717) is 6.54 Å². The Balaban J connectivity index is 1.60. The van der Waals surface area contributed by atoms with Crippen LogP contribution in [0.1, 0.15) is 12.0 Å². The van der Waals surface area contributed by atoms with Crippen molar-refractivity contribution in [2.75, 3.05) is 32.1 Å². The third-order valence-corrected chi connectivity index (χ3v) is 4.44. The Morgan fingerprint density at radius 2 is 2.20 bits per heavy atom. The molecular weight excluding hydrogens is 316 g/mol. The van der Waals surface area contributed by atoms with E-state index in [4.69, 9.17) is 4.74 Å². The quantitative estimate of drug-likeness (QED) is 0.878. The van der Waals surface area contributed by atoms with Crippen LogP contribution in [0, 0.1) is 0 Å². The zero-order chi connectivity index (χ0) is 17.5. The van der Waals surface area contributed by atoms with Crippen LogP contribution >= 0.6 is 0 Å². The molecular formula is C19H24N4O2. The van der Waals surface area contributed by atoms with Gasteiger partial charge in [0.15, 0.2) is 0 Å². The van der Waals surface area contributed by atoms with Crippen LogP contribution in [0.25, 0.3) is 0 Å². The molecule has 0 spiro atoms. The average molecular weight is 340 g/mol. The predicted molar refractivity (Wildman–Crippen MR) is 97.9 cm³/mol. The van der Waals surface area contributed by atoms with Gasteiger partial charge in [0.05, 0.1) is 7.11 Å². The van der Waals surface area contributed by atoms with Crippen LogP contribution < -0.4 is 15.4 Å². The highest BCUT2D eigenvalue weighted by Gasteiger charge is 2.26. The van der Waals surface area contributed by atoms with Crippen molar-refractivity contribution in [3.8, 4) is 5.75 Å². The maximum Gasteiger partial charge on any atom is 0.322 e. The summed E-state index contributed by atoms with van der Waals surface area (Å²) in [6, 6.07) is 11.5. The second-order valence-electron chi connectivity index (χ2n) is 6.11. The third kappa shape index (κ3) is 4.70. The number of nitrogens with one attached hydrogen (secondary N) is 2. The van der Waals surface area contributed by atoms with E-state index in [1.165, 1.54) is 5.56 Å². The van der Waals surface area contributed by atoms with Crippen molar-refractivity contribution in [3.63, 3.8) is 0 Å². The first-order valence-electron chi connectivity index (χ1n) is 8.57. The molecule has 1 saturated heterocycles. The topological polar surface area (TPSA) is 66.5 Å². The normalized spacial score (nSPS) is 17.2. The maximum atomic E-state index is 12.7. The first-order chi connectivity index (χ1) is 12.3. The van der Waals surface area contributed by atoms with E-state index >= 15 is 0 Å². The van der Waals surface area contributed by atoms with Gasteiger partial charge in [0.1, 0.15) is 5.75 Å². The molecule has 6 nitrogen and oxygen atoms in total. The number of amides is 2. The van der Waals surface area contributed by atoms with Gasteiger partial charge in [0.2, 0.25) is 0 Å². The fraction of sp³-hybridized carbons (Fsp3) is 0.368. The maximum absolute atomic E-state index is 12.7. The smallest absolute Gasteiger partial charge is 0.322 e. The number of hydrogen-bond acceptors (Lipinski definition) is 4. The Hall–Kier alpha value is -2.60. The largest absolute Gasteiger partial charge is 0.497 e. The Kier molecular flexibility index (Phi) is 5.85. The van der Waals surface area contributed by atoms with Gasteiger partial charge in [-0.05, 0) is 48.7 Å². The Morgan fingerprint density at radius 1 is 1.36 bits per heavy atom. The van der Waals surface area contributed by atoms with E-state index < -0.39 is 0 Å². The Bertz CT molecular complexity index is 676. The highest BCUT2D eigenvalue weighted by Crippen LogP contribution is 2.17. The highest BCUT2D eigenvalue weighted by molar-refractivity contribution is 5.89. The van der Waals surface area contributed by atoms with Gasteiger partial charge in [0.25, 0.3) is 0 Å². The first kappa shape index (κ1) is 17.2. The molecule has 0 saturated carbocycles. The minimum absolute atomic E-state index is 0.0529. The van der Waals surface area contributed by atoms with Crippen LogP contribution in [0.15, 0.2) is 48.8 Å². The number of pyridine rings is 1. The molecule has 1 aliphatic heterocycles. The van der Waals surface area contributed by atoms with Crippen molar-refractivity contribution in [3.05, 3.63) is 54.4 Å². The number of urea groups is 1. The predicted octanol–water partition coefficient (Wildman–Crippen LogP) is 2.53. The van der Waals surface area contributed by atoms with Crippen LogP contribution in [-0.4, -0.2) is 48.7 Å². The van der Waals surface area contributed by atoms with Gasteiger partial charge in [-0.1, -0.05) is 6.07 Å². The summed E-state index contributed by atoms with van der Waals surface area (Å²) < 4.78 is 5.15. The molecule has 2 amide bonds. The van der Waals surface area contributed by atoms with Crippen LogP contribution in [0.3, 0.4) is 0 Å². The Labute approximate surface area is 148 Å². The lowest BCUT2D eigenvalue weighted by Crippen LogP contribution is -2.55. The lowest BCUT2D eigenvalue weighted by atomic mass is 10.0. The standard InChI is InChI=1S/C19H24N4O2/c1-25-18-8-5-16(6-9-18)22-19(24)23-12-11-21-14-17(23)7-4-15-3-2-10-20-13-15/h2-3,5-6,8-10,13,17,21H,4,7,11-12,14H2,1H3,(H,22,24). The van der Waals surface area contributed by atoms with Crippen LogP contribution in [0.4, 0.5) is 10.5 Å². The molecule has 2 aromatic rings. The van der Waals surface area contributed by atoms with Crippen molar-refractivity contribution in [2.45, 2.75) is 18.9 Å². The van der Waals surface area contributed by atoms with E-state index in [1.54, 1.807) is 13.3 Å². The van der Waals surface area contributed by atoms with Crippen molar-refractivity contribution < 1.29 is 9.53 Å². The number of aromatic nitrogens is 1. The van der Waals surface area contributed by atoms with Gasteiger partial charge in [0, 0.05) is 43.8 Å². The monoisotopic (exact) mass is 340 g/mol. The first-order valence-corrected chi connectivity index (χ1v) is 8.57. The second kappa shape index (κ2) is 8.48. The van der Waals surface area contributed by atoms with Crippen LogP contribution in [0.5, 0.6) is 5.75 Å². The van der Waals surface area contributed by atoms with Gasteiger partial charge in [-0.2, -0.15) is 0 Å². The number of benzene rings is 1. The SMILES string of the molecule is COc1ccc(NC(=O)N2CCNCC2CCc2cccnc2)cc1. The highest BCUT2D eigenvalue weighted by atomic mass is 16.5. The molecule has 25 heavy (non-hydrogen) atoms. The number of carbonyl (C=O) groups excluding carboxylic acids is 1. The molecule has 6 heteroatoms. The summed E-state index contributed by atoms with van der Waals surface area (Å²) in [5, 5.41) is 6.36. The number of rotatable bonds is 5. The summed E-state index contributed by atoms with van der Waals surface area (Å²) in [5.41, 5.74) is 1.97. The van der Waals surface area contributed by atoms with Crippen molar-refractivity contribution >= 4 is 11.7 Å². The number of piperazine rings is 1. The minimum atomic E-state index is -0.0529. The van der Waals surface area contributed by atoms with E-state index in [0.717, 1.165) is 37.4 Å². The number of aryl methyl sites for hydroxylation is 1. The molecule has 3 rings (SSSR count). The number of carbonyl (C=O) groups is 1. The van der Waals surface area contributed by atoms with Crippen molar-refractivity contribution in [1.29, 1.82) is 0 Å². The average Bonchev–Trinajstić information content (AvgIpc) is 2.68. The number of hydrogen-bond donors (Lipinski definition) is 2. The molecule has 1 unspecified atom stereocenters. The molecule has 2 N–H and O–H groups in total. The van der Waals surface area contributed by atoms with E-state index in [1.807, 2.05) is 41.4 Å². The molecule has 1 aliphatic rings. The van der Waals surface area contributed by atoms with Gasteiger partial charge in [-0.15, -0.1) is 0 Å². The lowest BCUT2D eigenvalue weighted by Gasteiger charge is -2.36. The van der Waals surface area contributed by atoms with Gasteiger partial charge >= 0.3 is 6.03 Å². The number of anilines is 1. The molecule has 0 aliphatic carbocycles. The minimum Gasteiger partial charge on any atom is -0.497 e. The summed E-state index contributed by atoms with van der Waals surface area (Å²) in [6.45, 7) is 2.34. The van der Waals surface area contributed by atoms with Crippen molar-refractivity contribution in [1.82, 2.24) is 15.2 Å². The fourth-order valence-electron chi connectivity index (χ4n) is 3.04. The summed E-state index contributed by atoms with van der Waals surface area (Å²) in [4.78, 5) is 18.8. The van der Waals surface area contributed by atoms with Crippen LogP contribution in [0.2, 0.25) is 0 Å². The van der Waals surface area contributed by atoms with Gasteiger partial charge in [-0.3, -0.25) is 4.98 Å². The second-order valence-corrected chi connectivity index (χ2v) is 6.11. The molecule has 2 heterocycles. The van der Waals surface area contributed by atoms with Gasteiger partial charge < -0.3 is 20.3 Å². The molecule has 0 bridgehead atoms. The summed E-state index contributed by atoms with van der Waals surface area (Å²) in [5.74, 6) is 0.773. The fourth-order valence-corrected chi connectivity index (χ4v) is 3.04. The summed E-state index contributed by atoms with van der Waals surface area (Å²) >= 11 is 0. The lowest BCUT2D eigenvalue weighted by molar-refractivity contribution is 0.166. The van der Waals surface area contributed by atoms with Crippen LogP contribution in [-0.2, 0) is 6.42 Å². The molecule has 132 valence electrons. The van der Waals surface area contributed by atoms with E-state index in [-0.39, 0.29) is 12.1 Å². The van der Waals surface area contributed by atoms with E-state index in [9.17, 15) is 4.79 Å².